The van der Waals surface area contributed by atoms with E-state index in [0.717, 1.165) is 0 Å². The molecule has 0 amide bonds. The Balaban J connectivity index is 1.17. The van der Waals surface area contributed by atoms with Crippen LogP contribution in [0.5, 0.6) is 0 Å². The van der Waals surface area contributed by atoms with Crippen LogP contribution in [0.1, 0.15) is 28.9 Å². The summed E-state index contributed by atoms with van der Waals surface area (Å²) in [5, 5.41) is 14.2. The van der Waals surface area contributed by atoms with E-state index in [2.05, 4.69) is 186 Å². The Morgan fingerprint density at radius 2 is 1.08 bits per heavy atom. The van der Waals surface area contributed by atoms with E-state index in [1.165, 1.54) is 82.2 Å². The van der Waals surface area contributed by atoms with Gasteiger partial charge in [-0.2, -0.15) is 0 Å². The van der Waals surface area contributed by atoms with Crippen molar-refractivity contribution in [2.45, 2.75) is 12.2 Å². The summed E-state index contributed by atoms with van der Waals surface area (Å²) < 4.78 is 2.46. The zero-order valence-corrected chi connectivity index (χ0v) is 26.6. The summed E-state index contributed by atoms with van der Waals surface area (Å²) in [6, 6.07) is 60.1. The largest absolute Gasteiger partial charge is 0.355 e. The summed E-state index contributed by atoms with van der Waals surface area (Å²) in [4.78, 5) is 2.39. The zero-order chi connectivity index (χ0) is 31.8. The van der Waals surface area contributed by atoms with E-state index in [1.807, 2.05) is 0 Å². The van der Waals surface area contributed by atoms with Crippen LogP contribution in [0, 0.1) is 0 Å². The molecule has 0 radical (unpaired) electrons. The molecule has 2 heterocycles. The highest BCUT2D eigenvalue weighted by Crippen LogP contribution is 2.43. The number of rotatable bonds is 3. The van der Waals surface area contributed by atoms with Crippen LogP contribution in [-0.2, 0) is 0 Å². The summed E-state index contributed by atoms with van der Waals surface area (Å²) in [6.07, 6.45) is 0.00521. The van der Waals surface area contributed by atoms with Gasteiger partial charge >= 0.3 is 0 Å². The topological polar surface area (TPSA) is 20.2 Å². The SMILES string of the molecule is CN1c2ccccc2C(c2ccccc2)NC1c1cccc2cc(-n3c4ccc5ccccc5c4c4c5ccccc5ccc43)ccc12. The van der Waals surface area contributed by atoms with Gasteiger partial charge in [0, 0.05) is 29.2 Å². The molecule has 0 spiro atoms. The molecule has 2 unspecified atom stereocenters. The first-order valence-electron chi connectivity index (χ1n) is 16.7. The van der Waals surface area contributed by atoms with E-state index >= 15 is 0 Å². The highest BCUT2D eigenvalue weighted by molar-refractivity contribution is 6.28. The van der Waals surface area contributed by atoms with Gasteiger partial charge in [0.05, 0.1) is 17.1 Å². The lowest BCUT2D eigenvalue weighted by atomic mass is 9.91. The Bertz CT molecular complexity index is 2590. The monoisotopic (exact) mass is 615 g/mol. The number of hydrogen-bond acceptors (Lipinski definition) is 2. The molecule has 1 aliphatic heterocycles. The molecular formula is C45H33N3. The van der Waals surface area contributed by atoms with Crippen LogP contribution in [0.2, 0.25) is 0 Å². The van der Waals surface area contributed by atoms with Crippen molar-refractivity contribution in [3.63, 3.8) is 0 Å². The van der Waals surface area contributed by atoms with Gasteiger partial charge in [0.25, 0.3) is 0 Å². The molecule has 48 heavy (non-hydrogen) atoms. The van der Waals surface area contributed by atoms with Crippen molar-refractivity contribution < 1.29 is 0 Å². The molecule has 0 aliphatic carbocycles. The fraction of sp³-hybridized carbons (Fsp3) is 0.0667. The highest BCUT2D eigenvalue weighted by atomic mass is 15.3. The second kappa shape index (κ2) is 10.6. The molecule has 1 N–H and O–H groups in total. The van der Waals surface area contributed by atoms with Crippen molar-refractivity contribution in [3.8, 4) is 5.69 Å². The van der Waals surface area contributed by atoms with E-state index in [4.69, 9.17) is 0 Å². The molecule has 228 valence electrons. The van der Waals surface area contributed by atoms with Crippen LogP contribution in [0.25, 0.3) is 59.8 Å². The quantitative estimate of drug-likeness (QED) is 0.213. The summed E-state index contributed by atoms with van der Waals surface area (Å²) in [5.74, 6) is 0. The number of anilines is 1. The molecule has 0 fully saturated rings. The Kier molecular flexibility index (Phi) is 5.99. The Hall–Kier alpha value is -5.90. The van der Waals surface area contributed by atoms with Crippen molar-refractivity contribution in [1.82, 2.24) is 9.88 Å². The minimum Gasteiger partial charge on any atom is -0.355 e. The van der Waals surface area contributed by atoms with Gasteiger partial charge in [-0.3, -0.25) is 5.32 Å². The third kappa shape index (κ3) is 3.98. The molecule has 2 atom stereocenters. The predicted molar refractivity (Wildman–Crippen MR) is 202 cm³/mol. The van der Waals surface area contributed by atoms with Crippen molar-refractivity contribution in [2.24, 2.45) is 0 Å². The Morgan fingerprint density at radius 1 is 0.479 bits per heavy atom. The van der Waals surface area contributed by atoms with Gasteiger partial charge in [-0.15, -0.1) is 0 Å². The smallest absolute Gasteiger partial charge is 0.107 e. The molecule has 1 aromatic heterocycles. The van der Waals surface area contributed by atoms with Gasteiger partial charge in [-0.1, -0.05) is 133 Å². The number of para-hydroxylation sites is 1. The predicted octanol–water partition coefficient (Wildman–Crippen LogP) is 11.1. The van der Waals surface area contributed by atoms with Gasteiger partial charge in [-0.05, 0) is 79.3 Å². The second-order valence-corrected chi connectivity index (χ2v) is 13.0. The summed E-state index contributed by atoms with van der Waals surface area (Å²) >= 11 is 0. The zero-order valence-electron chi connectivity index (χ0n) is 26.6. The molecule has 10 rings (SSSR count). The minimum atomic E-state index is 0.00521. The molecule has 3 nitrogen and oxygen atoms in total. The van der Waals surface area contributed by atoms with Gasteiger partial charge in [-0.25, -0.2) is 0 Å². The summed E-state index contributed by atoms with van der Waals surface area (Å²) in [5.41, 5.74) is 8.73. The lowest BCUT2D eigenvalue weighted by Crippen LogP contribution is -2.43. The number of benzene rings is 8. The molecule has 9 aromatic rings. The summed E-state index contributed by atoms with van der Waals surface area (Å²) in [7, 11) is 2.21. The maximum absolute atomic E-state index is 4.03. The van der Waals surface area contributed by atoms with E-state index in [-0.39, 0.29) is 12.2 Å². The van der Waals surface area contributed by atoms with Gasteiger partial charge in [0.2, 0.25) is 0 Å². The number of nitrogens with one attached hydrogen (secondary N) is 1. The van der Waals surface area contributed by atoms with Crippen LogP contribution in [0.15, 0.2) is 164 Å². The third-order valence-electron chi connectivity index (χ3n) is 10.5. The molecule has 0 saturated heterocycles. The number of hydrogen-bond donors (Lipinski definition) is 1. The molecule has 0 bridgehead atoms. The van der Waals surface area contributed by atoms with Crippen molar-refractivity contribution in [2.75, 3.05) is 11.9 Å². The van der Waals surface area contributed by atoms with Crippen LogP contribution >= 0.6 is 0 Å². The number of nitrogens with zero attached hydrogens (tertiary/aromatic N) is 2. The van der Waals surface area contributed by atoms with Crippen LogP contribution < -0.4 is 10.2 Å². The normalized spacial score (nSPS) is 16.3. The van der Waals surface area contributed by atoms with Gasteiger partial charge < -0.3 is 9.47 Å². The van der Waals surface area contributed by atoms with E-state index in [9.17, 15) is 0 Å². The number of fused-ring (bicyclic) bond motifs is 9. The molecule has 3 heteroatoms. The highest BCUT2D eigenvalue weighted by Gasteiger charge is 2.32. The van der Waals surface area contributed by atoms with Crippen LogP contribution in [0.3, 0.4) is 0 Å². The van der Waals surface area contributed by atoms with Gasteiger partial charge in [0.1, 0.15) is 6.17 Å². The Labute approximate surface area is 279 Å². The summed E-state index contributed by atoms with van der Waals surface area (Å²) in [6.45, 7) is 0. The van der Waals surface area contributed by atoms with Crippen LogP contribution in [0.4, 0.5) is 5.69 Å². The Morgan fingerprint density at radius 3 is 1.81 bits per heavy atom. The van der Waals surface area contributed by atoms with Crippen LogP contribution in [-0.4, -0.2) is 11.6 Å². The van der Waals surface area contributed by atoms with E-state index in [1.54, 1.807) is 0 Å². The van der Waals surface area contributed by atoms with E-state index < -0.39 is 0 Å². The van der Waals surface area contributed by atoms with E-state index in [0.29, 0.717) is 0 Å². The van der Waals surface area contributed by atoms with Crippen molar-refractivity contribution >= 4 is 59.8 Å². The standard InChI is InChI=1S/C45H33N3/c1-47-39-21-10-9-19-38(39)44(31-14-3-2-4-15-31)46-45(47)37-20-11-16-32-28-33(24-25-34(32)37)48-40-26-22-29-12-5-7-17-35(29)42(40)43-36-18-8-6-13-30(36)23-27-41(43)48/h2-28,44-46H,1H3. The first kappa shape index (κ1) is 27.2. The minimum absolute atomic E-state index is 0.00521. The number of aromatic nitrogens is 1. The lowest BCUT2D eigenvalue weighted by Gasteiger charge is -2.42. The molecule has 8 aromatic carbocycles. The average molecular weight is 616 g/mol. The lowest BCUT2D eigenvalue weighted by molar-refractivity contribution is 0.456. The van der Waals surface area contributed by atoms with Crippen molar-refractivity contribution in [1.29, 1.82) is 0 Å². The fourth-order valence-corrected chi connectivity index (χ4v) is 8.27. The molecule has 1 aliphatic rings. The maximum atomic E-state index is 4.03. The molecule has 0 saturated carbocycles. The molecular weight excluding hydrogens is 583 g/mol. The van der Waals surface area contributed by atoms with Gasteiger partial charge in [0.15, 0.2) is 0 Å². The second-order valence-electron chi connectivity index (χ2n) is 13.0. The average Bonchev–Trinajstić information content (AvgIpc) is 3.50. The first-order valence-corrected chi connectivity index (χ1v) is 16.7. The van der Waals surface area contributed by atoms with Crippen molar-refractivity contribution in [3.05, 3.63) is 180 Å². The maximum Gasteiger partial charge on any atom is 0.107 e. The first-order chi connectivity index (χ1) is 23.7. The fourth-order valence-electron chi connectivity index (χ4n) is 8.27. The third-order valence-corrected chi connectivity index (χ3v) is 10.5.